The molecule has 0 aliphatic carbocycles. The molecule has 3 rings (SSSR count). The number of nitrogens with zero attached hydrogens (tertiary/aromatic N) is 3. The Morgan fingerprint density at radius 3 is 2.64 bits per heavy atom. The predicted octanol–water partition coefficient (Wildman–Crippen LogP) is 1.92. The number of hydrogen-bond donors (Lipinski definition) is 1. The van der Waals surface area contributed by atoms with Crippen molar-refractivity contribution in [3.05, 3.63) is 73.2 Å². The van der Waals surface area contributed by atoms with Crippen molar-refractivity contribution in [3.63, 3.8) is 0 Å². The van der Waals surface area contributed by atoms with Crippen LogP contribution in [0.1, 0.15) is 5.56 Å². The first-order valence-electron chi connectivity index (χ1n) is 6.20. The van der Waals surface area contributed by atoms with E-state index >= 15 is 0 Å². The maximum Gasteiger partial charge on any atom is 0.315 e. The zero-order chi connectivity index (χ0) is 15.9. The Hall–Kier alpha value is -2.31. The lowest BCUT2D eigenvalue weighted by atomic mass is 10.2. The SMILES string of the molecule is O=c1ncn2ccn(Cc3ccc(Cl)c(Cl)c3)c(=O)c2c1O. The van der Waals surface area contributed by atoms with E-state index in [-0.39, 0.29) is 12.1 Å². The summed E-state index contributed by atoms with van der Waals surface area (Å²) >= 11 is 11.8. The van der Waals surface area contributed by atoms with Gasteiger partial charge in [0.2, 0.25) is 5.75 Å². The van der Waals surface area contributed by atoms with Crippen molar-refractivity contribution in [2.75, 3.05) is 0 Å². The molecule has 0 saturated carbocycles. The molecule has 1 aromatic carbocycles. The third-order valence-corrected chi connectivity index (χ3v) is 3.93. The molecule has 0 amide bonds. The van der Waals surface area contributed by atoms with E-state index in [4.69, 9.17) is 23.2 Å². The smallest absolute Gasteiger partial charge is 0.315 e. The molecule has 0 radical (unpaired) electrons. The molecule has 0 atom stereocenters. The Kier molecular flexibility index (Phi) is 3.64. The van der Waals surface area contributed by atoms with E-state index in [0.29, 0.717) is 10.0 Å². The fraction of sp³-hybridized carbons (Fsp3) is 0.0714. The molecular weight excluding hydrogens is 329 g/mol. The quantitative estimate of drug-likeness (QED) is 0.774. The van der Waals surface area contributed by atoms with Crippen LogP contribution in [-0.2, 0) is 6.54 Å². The lowest BCUT2D eigenvalue weighted by Gasteiger charge is -2.09. The highest BCUT2D eigenvalue weighted by Crippen LogP contribution is 2.22. The maximum atomic E-state index is 12.4. The highest BCUT2D eigenvalue weighted by molar-refractivity contribution is 6.42. The first-order chi connectivity index (χ1) is 10.5. The summed E-state index contributed by atoms with van der Waals surface area (Å²) in [5.41, 5.74) is -0.714. The lowest BCUT2D eigenvalue weighted by Crippen LogP contribution is -2.24. The minimum absolute atomic E-state index is 0.123. The minimum Gasteiger partial charge on any atom is -0.501 e. The molecule has 0 aliphatic heterocycles. The van der Waals surface area contributed by atoms with Crippen LogP contribution in [0, 0.1) is 0 Å². The largest absolute Gasteiger partial charge is 0.501 e. The van der Waals surface area contributed by atoms with Crippen molar-refractivity contribution in [1.29, 1.82) is 0 Å². The molecule has 0 fully saturated rings. The van der Waals surface area contributed by atoms with E-state index in [9.17, 15) is 14.7 Å². The summed E-state index contributed by atoms with van der Waals surface area (Å²) in [5.74, 6) is -0.670. The zero-order valence-electron chi connectivity index (χ0n) is 11.0. The number of benzene rings is 1. The van der Waals surface area contributed by atoms with Gasteiger partial charge in [0, 0.05) is 12.4 Å². The average Bonchev–Trinajstić information content (AvgIpc) is 2.49. The molecule has 6 nitrogen and oxygen atoms in total. The van der Waals surface area contributed by atoms with Crippen LogP contribution in [0.4, 0.5) is 0 Å². The average molecular weight is 338 g/mol. The highest BCUT2D eigenvalue weighted by Gasteiger charge is 2.11. The summed E-state index contributed by atoms with van der Waals surface area (Å²) in [4.78, 5) is 27.3. The molecule has 0 spiro atoms. The van der Waals surface area contributed by atoms with Crippen molar-refractivity contribution >= 4 is 28.7 Å². The van der Waals surface area contributed by atoms with Crippen LogP contribution in [0.2, 0.25) is 10.0 Å². The van der Waals surface area contributed by atoms with Crippen LogP contribution < -0.4 is 11.1 Å². The summed E-state index contributed by atoms with van der Waals surface area (Å²) in [5, 5.41) is 10.6. The predicted molar refractivity (Wildman–Crippen MR) is 83.0 cm³/mol. The van der Waals surface area contributed by atoms with Gasteiger partial charge in [-0.2, -0.15) is 4.98 Å². The summed E-state index contributed by atoms with van der Waals surface area (Å²) < 4.78 is 2.65. The summed E-state index contributed by atoms with van der Waals surface area (Å²) in [6.07, 6.45) is 4.24. The van der Waals surface area contributed by atoms with Gasteiger partial charge in [0.15, 0.2) is 5.52 Å². The van der Waals surface area contributed by atoms with Crippen LogP contribution in [0.25, 0.3) is 5.52 Å². The number of rotatable bonds is 2. The fourth-order valence-corrected chi connectivity index (χ4v) is 2.42. The molecule has 2 aromatic heterocycles. The Bertz CT molecular complexity index is 995. The maximum absolute atomic E-state index is 12.4. The van der Waals surface area contributed by atoms with Gasteiger partial charge in [-0.25, -0.2) is 0 Å². The van der Waals surface area contributed by atoms with Gasteiger partial charge in [-0.15, -0.1) is 0 Å². The molecule has 112 valence electrons. The lowest BCUT2D eigenvalue weighted by molar-refractivity contribution is 0.468. The van der Waals surface area contributed by atoms with Gasteiger partial charge in [-0.1, -0.05) is 29.3 Å². The van der Waals surface area contributed by atoms with Crippen LogP contribution in [-0.4, -0.2) is 19.1 Å². The normalized spacial score (nSPS) is 11.0. The second-order valence-electron chi connectivity index (χ2n) is 4.63. The van der Waals surface area contributed by atoms with Crippen LogP contribution in [0.3, 0.4) is 0 Å². The second kappa shape index (κ2) is 5.47. The van der Waals surface area contributed by atoms with E-state index in [0.717, 1.165) is 5.56 Å². The van der Waals surface area contributed by atoms with Crippen molar-refractivity contribution in [2.45, 2.75) is 6.54 Å². The standard InChI is InChI=1S/C14H9Cl2N3O3/c15-9-2-1-8(5-10(9)16)6-18-3-4-19-7-17-13(21)12(20)11(19)14(18)22/h1-5,7,20H,6H2. The van der Waals surface area contributed by atoms with Gasteiger partial charge < -0.3 is 9.67 Å². The summed E-state index contributed by atoms with van der Waals surface area (Å²) in [6, 6.07) is 5.03. The van der Waals surface area contributed by atoms with Gasteiger partial charge in [0.25, 0.3) is 5.56 Å². The molecule has 0 bridgehead atoms. The number of aromatic nitrogens is 3. The van der Waals surface area contributed by atoms with Crippen molar-refractivity contribution in [3.8, 4) is 5.75 Å². The minimum atomic E-state index is -0.843. The Morgan fingerprint density at radius 2 is 1.91 bits per heavy atom. The molecule has 2 heterocycles. The highest BCUT2D eigenvalue weighted by atomic mass is 35.5. The fourth-order valence-electron chi connectivity index (χ4n) is 2.10. The number of fused-ring (bicyclic) bond motifs is 1. The van der Waals surface area contributed by atoms with E-state index in [1.165, 1.54) is 27.7 Å². The molecule has 8 heteroatoms. The molecule has 0 unspecified atom stereocenters. The van der Waals surface area contributed by atoms with Gasteiger partial charge in [-0.3, -0.25) is 14.0 Å². The van der Waals surface area contributed by atoms with Crippen molar-refractivity contribution in [2.24, 2.45) is 0 Å². The van der Waals surface area contributed by atoms with Gasteiger partial charge >= 0.3 is 5.56 Å². The van der Waals surface area contributed by atoms with Crippen LogP contribution in [0.15, 0.2) is 46.5 Å². The van der Waals surface area contributed by atoms with E-state index in [2.05, 4.69) is 4.98 Å². The molecular formula is C14H9Cl2N3O3. The second-order valence-corrected chi connectivity index (χ2v) is 5.45. The van der Waals surface area contributed by atoms with E-state index < -0.39 is 16.9 Å². The van der Waals surface area contributed by atoms with Crippen LogP contribution in [0.5, 0.6) is 5.75 Å². The Morgan fingerprint density at radius 1 is 1.14 bits per heavy atom. The zero-order valence-corrected chi connectivity index (χ0v) is 12.5. The molecule has 1 N–H and O–H groups in total. The Balaban J connectivity index is 2.14. The third kappa shape index (κ3) is 2.47. The monoisotopic (exact) mass is 337 g/mol. The van der Waals surface area contributed by atoms with E-state index in [1.807, 2.05) is 0 Å². The van der Waals surface area contributed by atoms with Crippen molar-refractivity contribution in [1.82, 2.24) is 14.0 Å². The molecule has 3 aromatic rings. The third-order valence-electron chi connectivity index (χ3n) is 3.19. The number of hydrogen-bond acceptors (Lipinski definition) is 4. The first-order valence-corrected chi connectivity index (χ1v) is 6.96. The molecule has 0 aliphatic rings. The first kappa shape index (κ1) is 14.6. The Labute approximate surface area is 133 Å². The molecule has 0 saturated heterocycles. The van der Waals surface area contributed by atoms with E-state index in [1.54, 1.807) is 18.2 Å². The van der Waals surface area contributed by atoms with Gasteiger partial charge in [0.05, 0.1) is 16.6 Å². The summed E-state index contributed by atoms with van der Waals surface area (Å²) in [6.45, 7) is 0.224. The number of halogens is 2. The topological polar surface area (TPSA) is 76.6 Å². The van der Waals surface area contributed by atoms with Gasteiger partial charge in [-0.05, 0) is 17.7 Å². The van der Waals surface area contributed by atoms with Crippen molar-refractivity contribution < 1.29 is 5.11 Å². The molecule has 22 heavy (non-hydrogen) atoms. The summed E-state index contributed by atoms with van der Waals surface area (Å²) in [7, 11) is 0. The van der Waals surface area contributed by atoms with Crippen LogP contribution >= 0.6 is 23.2 Å². The van der Waals surface area contributed by atoms with Gasteiger partial charge in [0.1, 0.15) is 6.33 Å². The number of aromatic hydroxyl groups is 1.